The normalized spacial score (nSPS) is 20.3. The quantitative estimate of drug-likeness (QED) is 0.754. The zero-order valence-corrected chi connectivity index (χ0v) is 9.75. The minimum Gasteiger partial charge on any atom is -0.349 e. The van der Waals surface area contributed by atoms with Crippen molar-refractivity contribution in [3.63, 3.8) is 0 Å². The maximum atomic E-state index is 4.46. The predicted octanol–water partition coefficient (Wildman–Crippen LogP) is 1.58. The molecule has 0 amide bonds. The molecule has 0 saturated carbocycles. The summed E-state index contributed by atoms with van der Waals surface area (Å²) >= 11 is 0. The molecule has 0 bridgehead atoms. The summed E-state index contributed by atoms with van der Waals surface area (Å²) in [4.78, 5) is 6.84. The number of hydrogen-bond donors (Lipinski definition) is 1. The number of pyridine rings is 1. The molecule has 1 aliphatic rings. The van der Waals surface area contributed by atoms with Crippen LogP contribution in [0, 0.1) is 6.92 Å². The molecule has 2 heterocycles. The van der Waals surface area contributed by atoms with Gasteiger partial charge in [0.15, 0.2) is 0 Å². The number of nitrogens with zero attached hydrogens (tertiary/aromatic N) is 2. The number of nitrogens with one attached hydrogen (secondary N) is 1. The maximum absolute atomic E-state index is 4.46. The molecule has 0 radical (unpaired) electrons. The first-order valence-electron chi connectivity index (χ1n) is 5.51. The van der Waals surface area contributed by atoms with Gasteiger partial charge in [0.1, 0.15) is 5.82 Å². The lowest BCUT2D eigenvalue weighted by atomic mass is 10.00. The van der Waals surface area contributed by atoms with Crippen LogP contribution in [0.1, 0.15) is 19.4 Å². The summed E-state index contributed by atoms with van der Waals surface area (Å²) in [6, 6.07) is 4.20. The van der Waals surface area contributed by atoms with Crippen molar-refractivity contribution in [1.29, 1.82) is 0 Å². The molecule has 1 N–H and O–H groups in total. The summed E-state index contributed by atoms with van der Waals surface area (Å²) in [5.74, 6) is 1.10. The topological polar surface area (TPSA) is 28.2 Å². The molecule has 3 nitrogen and oxygen atoms in total. The Morgan fingerprint density at radius 1 is 1.47 bits per heavy atom. The molecule has 82 valence electrons. The monoisotopic (exact) mass is 205 g/mol. The van der Waals surface area contributed by atoms with Crippen molar-refractivity contribution in [3.05, 3.63) is 23.9 Å². The molecule has 0 unspecified atom stereocenters. The Bertz CT molecular complexity index is 346. The fraction of sp³-hybridized carbons (Fsp3) is 0.583. The Morgan fingerprint density at radius 3 is 2.93 bits per heavy atom. The van der Waals surface area contributed by atoms with Crippen LogP contribution in [-0.4, -0.2) is 30.2 Å². The number of aromatic nitrogens is 1. The fourth-order valence-corrected chi connectivity index (χ4v) is 2.08. The van der Waals surface area contributed by atoms with Gasteiger partial charge < -0.3 is 10.2 Å². The lowest BCUT2D eigenvalue weighted by Crippen LogP contribution is -2.58. The Hall–Kier alpha value is -1.09. The van der Waals surface area contributed by atoms with Crippen molar-refractivity contribution in [3.8, 4) is 0 Å². The highest BCUT2D eigenvalue weighted by Gasteiger charge is 2.30. The molecule has 1 aromatic rings. The fourth-order valence-electron chi connectivity index (χ4n) is 2.08. The Kier molecular flexibility index (Phi) is 2.65. The highest BCUT2D eigenvalue weighted by atomic mass is 15.3. The van der Waals surface area contributed by atoms with E-state index < -0.39 is 0 Å². The van der Waals surface area contributed by atoms with Crippen LogP contribution < -0.4 is 10.2 Å². The molecule has 0 aliphatic carbocycles. The van der Waals surface area contributed by atoms with Gasteiger partial charge in [0.25, 0.3) is 0 Å². The van der Waals surface area contributed by atoms with Crippen LogP contribution in [0.15, 0.2) is 18.3 Å². The van der Waals surface area contributed by atoms with Crippen molar-refractivity contribution in [2.75, 3.05) is 24.5 Å². The second kappa shape index (κ2) is 3.81. The summed E-state index contributed by atoms with van der Waals surface area (Å²) in [6.07, 6.45) is 1.89. The SMILES string of the molecule is Cc1ccnc(N2CCNCC2(C)C)c1. The molecule has 0 atom stereocenters. The van der Waals surface area contributed by atoms with Crippen molar-refractivity contribution < 1.29 is 0 Å². The molecule has 1 saturated heterocycles. The zero-order chi connectivity index (χ0) is 10.9. The van der Waals surface area contributed by atoms with Gasteiger partial charge in [-0.15, -0.1) is 0 Å². The van der Waals surface area contributed by atoms with E-state index in [1.54, 1.807) is 0 Å². The van der Waals surface area contributed by atoms with E-state index in [0.717, 1.165) is 25.5 Å². The van der Waals surface area contributed by atoms with Crippen LogP contribution in [0.3, 0.4) is 0 Å². The van der Waals surface area contributed by atoms with Gasteiger partial charge >= 0.3 is 0 Å². The molecule has 0 aromatic carbocycles. The third-order valence-corrected chi connectivity index (χ3v) is 2.98. The van der Waals surface area contributed by atoms with Crippen molar-refractivity contribution in [2.24, 2.45) is 0 Å². The van der Waals surface area contributed by atoms with Gasteiger partial charge in [0, 0.05) is 31.4 Å². The molecular formula is C12H19N3. The highest BCUT2D eigenvalue weighted by molar-refractivity contribution is 5.44. The van der Waals surface area contributed by atoms with Crippen LogP contribution in [-0.2, 0) is 0 Å². The summed E-state index contributed by atoms with van der Waals surface area (Å²) in [7, 11) is 0. The van der Waals surface area contributed by atoms with E-state index in [9.17, 15) is 0 Å². The number of hydrogen-bond acceptors (Lipinski definition) is 3. The summed E-state index contributed by atoms with van der Waals surface area (Å²) in [5.41, 5.74) is 1.42. The van der Waals surface area contributed by atoms with Crippen LogP contribution in [0.25, 0.3) is 0 Å². The van der Waals surface area contributed by atoms with E-state index in [4.69, 9.17) is 0 Å². The molecule has 1 aliphatic heterocycles. The number of rotatable bonds is 1. The lowest BCUT2D eigenvalue weighted by Gasteiger charge is -2.43. The van der Waals surface area contributed by atoms with Gasteiger partial charge in [-0.05, 0) is 38.5 Å². The first kappa shape index (κ1) is 10.4. The minimum absolute atomic E-state index is 0.152. The van der Waals surface area contributed by atoms with Crippen molar-refractivity contribution in [1.82, 2.24) is 10.3 Å². The third kappa shape index (κ3) is 2.12. The Balaban J connectivity index is 2.29. The first-order valence-corrected chi connectivity index (χ1v) is 5.51. The lowest BCUT2D eigenvalue weighted by molar-refractivity contribution is 0.378. The Labute approximate surface area is 91.5 Å². The highest BCUT2D eigenvalue weighted by Crippen LogP contribution is 2.23. The van der Waals surface area contributed by atoms with E-state index in [1.807, 2.05) is 12.3 Å². The van der Waals surface area contributed by atoms with Gasteiger partial charge in [-0.25, -0.2) is 4.98 Å². The molecular weight excluding hydrogens is 186 g/mol. The van der Waals surface area contributed by atoms with Gasteiger partial charge in [0.05, 0.1) is 0 Å². The van der Waals surface area contributed by atoms with E-state index in [-0.39, 0.29) is 5.54 Å². The average molecular weight is 205 g/mol. The smallest absolute Gasteiger partial charge is 0.129 e. The number of anilines is 1. The number of piperazine rings is 1. The number of aryl methyl sites for hydroxylation is 1. The average Bonchev–Trinajstić information content (AvgIpc) is 2.17. The Morgan fingerprint density at radius 2 is 2.27 bits per heavy atom. The van der Waals surface area contributed by atoms with E-state index in [2.05, 4.69) is 42.0 Å². The summed E-state index contributed by atoms with van der Waals surface area (Å²) in [6.45, 7) is 9.71. The van der Waals surface area contributed by atoms with Crippen LogP contribution in [0.5, 0.6) is 0 Å². The predicted molar refractivity (Wildman–Crippen MR) is 63.3 cm³/mol. The minimum atomic E-state index is 0.152. The van der Waals surface area contributed by atoms with Crippen LogP contribution >= 0.6 is 0 Å². The summed E-state index contributed by atoms with van der Waals surface area (Å²) in [5, 5.41) is 3.42. The summed E-state index contributed by atoms with van der Waals surface area (Å²) < 4.78 is 0. The molecule has 3 heteroatoms. The molecule has 1 aromatic heterocycles. The second-order valence-corrected chi connectivity index (χ2v) is 4.83. The van der Waals surface area contributed by atoms with Crippen molar-refractivity contribution >= 4 is 5.82 Å². The van der Waals surface area contributed by atoms with E-state index >= 15 is 0 Å². The largest absolute Gasteiger partial charge is 0.349 e. The maximum Gasteiger partial charge on any atom is 0.129 e. The van der Waals surface area contributed by atoms with Crippen LogP contribution in [0.2, 0.25) is 0 Å². The first-order chi connectivity index (χ1) is 7.09. The molecule has 0 spiro atoms. The third-order valence-electron chi connectivity index (χ3n) is 2.98. The van der Waals surface area contributed by atoms with Crippen LogP contribution in [0.4, 0.5) is 5.82 Å². The molecule has 1 fully saturated rings. The van der Waals surface area contributed by atoms with E-state index in [0.29, 0.717) is 0 Å². The van der Waals surface area contributed by atoms with Gasteiger partial charge in [0.2, 0.25) is 0 Å². The van der Waals surface area contributed by atoms with Gasteiger partial charge in [-0.3, -0.25) is 0 Å². The standard InChI is InChI=1S/C12H19N3/c1-10-4-5-14-11(8-10)15-7-6-13-9-12(15,2)3/h4-5,8,13H,6-7,9H2,1-3H3. The van der Waals surface area contributed by atoms with Gasteiger partial charge in [-0.2, -0.15) is 0 Å². The molecule has 2 rings (SSSR count). The molecule has 15 heavy (non-hydrogen) atoms. The van der Waals surface area contributed by atoms with Gasteiger partial charge in [-0.1, -0.05) is 0 Å². The second-order valence-electron chi connectivity index (χ2n) is 4.83. The van der Waals surface area contributed by atoms with E-state index in [1.165, 1.54) is 5.56 Å². The van der Waals surface area contributed by atoms with Crippen molar-refractivity contribution in [2.45, 2.75) is 26.3 Å². The zero-order valence-electron chi connectivity index (χ0n) is 9.75.